The second-order valence-electron chi connectivity index (χ2n) is 5.30. The van der Waals surface area contributed by atoms with Gasteiger partial charge in [-0.25, -0.2) is 0 Å². The van der Waals surface area contributed by atoms with Crippen LogP contribution in [0.1, 0.15) is 33.1 Å². The number of rotatable bonds is 4. The van der Waals surface area contributed by atoms with E-state index in [-0.39, 0.29) is 11.6 Å². The zero-order valence-corrected chi connectivity index (χ0v) is 10.2. The van der Waals surface area contributed by atoms with Gasteiger partial charge in [0.05, 0.1) is 6.54 Å². The molecule has 1 saturated carbocycles. The lowest BCUT2D eigenvalue weighted by Gasteiger charge is -2.23. The second-order valence-corrected chi connectivity index (χ2v) is 5.30. The number of hydrogen-bond donors (Lipinski definition) is 2. The van der Waals surface area contributed by atoms with Crippen LogP contribution in [0.5, 0.6) is 0 Å². The SMILES string of the molecule is CC1CC1(C)OC(=O)CNC1CCNCC1. The molecular weight excluding hydrogens is 204 g/mol. The number of carbonyl (C=O) groups is 1. The van der Waals surface area contributed by atoms with Gasteiger partial charge in [0.2, 0.25) is 0 Å². The van der Waals surface area contributed by atoms with E-state index >= 15 is 0 Å². The Hall–Kier alpha value is -0.610. The highest BCUT2D eigenvalue weighted by Gasteiger charge is 2.50. The number of nitrogens with one attached hydrogen (secondary N) is 2. The van der Waals surface area contributed by atoms with E-state index in [0.717, 1.165) is 32.4 Å². The Kier molecular flexibility index (Phi) is 3.50. The first-order valence-corrected chi connectivity index (χ1v) is 6.26. The van der Waals surface area contributed by atoms with Crippen molar-refractivity contribution in [3.8, 4) is 0 Å². The summed E-state index contributed by atoms with van der Waals surface area (Å²) in [5.41, 5.74) is -0.174. The molecule has 2 unspecified atom stereocenters. The molecule has 0 aromatic rings. The van der Waals surface area contributed by atoms with Crippen LogP contribution < -0.4 is 10.6 Å². The average Bonchev–Trinajstić information content (AvgIpc) is 2.84. The van der Waals surface area contributed by atoms with Gasteiger partial charge in [0, 0.05) is 6.04 Å². The Morgan fingerprint density at radius 3 is 2.69 bits per heavy atom. The van der Waals surface area contributed by atoms with Crippen molar-refractivity contribution in [2.24, 2.45) is 5.92 Å². The van der Waals surface area contributed by atoms with Crippen LogP contribution in [0.25, 0.3) is 0 Å². The average molecular weight is 226 g/mol. The predicted octanol–water partition coefficient (Wildman–Crippen LogP) is 0.670. The summed E-state index contributed by atoms with van der Waals surface area (Å²) in [6, 6.07) is 0.471. The molecule has 2 N–H and O–H groups in total. The van der Waals surface area contributed by atoms with E-state index in [1.54, 1.807) is 0 Å². The molecule has 2 fully saturated rings. The molecule has 2 rings (SSSR count). The van der Waals surface area contributed by atoms with Crippen LogP contribution in [-0.4, -0.2) is 37.2 Å². The van der Waals surface area contributed by atoms with E-state index < -0.39 is 0 Å². The number of esters is 1. The van der Waals surface area contributed by atoms with Gasteiger partial charge in [-0.05, 0) is 45.2 Å². The van der Waals surface area contributed by atoms with Crippen molar-refractivity contribution in [3.05, 3.63) is 0 Å². The fraction of sp³-hybridized carbons (Fsp3) is 0.917. The summed E-state index contributed by atoms with van der Waals surface area (Å²) in [6.45, 7) is 6.57. The monoisotopic (exact) mass is 226 g/mol. The molecule has 4 heteroatoms. The zero-order valence-electron chi connectivity index (χ0n) is 10.2. The number of piperidine rings is 1. The second kappa shape index (κ2) is 4.72. The van der Waals surface area contributed by atoms with Crippen molar-refractivity contribution in [1.82, 2.24) is 10.6 Å². The van der Waals surface area contributed by atoms with Crippen molar-refractivity contribution in [2.45, 2.75) is 44.8 Å². The molecular formula is C12H22N2O2. The molecule has 1 saturated heterocycles. The van der Waals surface area contributed by atoms with Crippen LogP contribution in [0, 0.1) is 5.92 Å². The number of hydrogen-bond acceptors (Lipinski definition) is 4. The fourth-order valence-corrected chi connectivity index (χ4v) is 2.24. The topological polar surface area (TPSA) is 50.4 Å². The lowest BCUT2D eigenvalue weighted by Crippen LogP contribution is -2.42. The molecule has 0 radical (unpaired) electrons. The Labute approximate surface area is 97.1 Å². The zero-order chi connectivity index (χ0) is 11.6. The van der Waals surface area contributed by atoms with Gasteiger partial charge in [-0.2, -0.15) is 0 Å². The van der Waals surface area contributed by atoms with Gasteiger partial charge < -0.3 is 15.4 Å². The lowest BCUT2D eigenvalue weighted by molar-refractivity contribution is -0.150. The van der Waals surface area contributed by atoms with Gasteiger partial charge in [0.15, 0.2) is 0 Å². The Bertz CT molecular complexity index is 264. The minimum Gasteiger partial charge on any atom is -0.458 e. The third-order valence-corrected chi connectivity index (χ3v) is 3.82. The van der Waals surface area contributed by atoms with Gasteiger partial charge in [0.1, 0.15) is 5.60 Å². The molecule has 2 aliphatic rings. The van der Waals surface area contributed by atoms with Crippen LogP contribution in [0.15, 0.2) is 0 Å². The maximum Gasteiger partial charge on any atom is 0.320 e. The molecule has 0 aromatic heterocycles. The molecule has 4 nitrogen and oxygen atoms in total. The maximum absolute atomic E-state index is 11.6. The predicted molar refractivity (Wildman–Crippen MR) is 62.2 cm³/mol. The molecule has 0 bridgehead atoms. The summed E-state index contributed by atoms with van der Waals surface area (Å²) >= 11 is 0. The van der Waals surface area contributed by atoms with Crippen molar-refractivity contribution in [3.63, 3.8) is 0 Å². The minimum atomic E-state index is -0.174. The molecule has 2 atom stereocenters. The number of carbonyl (C=O) groups excluding carboxylic acids is 1. The molecule has 0 aromatic carbocycles. The van der Waals surface area contributed by atoms with Crippen molar-refractivity contribution < 1.29 is 9.53 Å². The van der Waals surface area contributed by atoms with Crippen molar-refractivity contribution >= 4 is 5.97 Å². The highest BCUT2D eigenvalue weighted by molar-refractivity contribution is 5.72. The summed E-state index contributed by atoms with van der Waals surface area (Å²) in [5.74, 6) is 0.417. The van der Waals surface area contributed by atoms with Crippen molar-refractivity contribution in [2.75, 3.05) is 19.6 Å². The standard InChI is InChI=1S/C12H22N2O2/c1-9-7-12(9,2)16-11(15)8-14-10-3-5-13-6-4-10/h9-10,13-14H,3-8H2,1-2H3. The molecule has 92 valence electrons. The van der Waals surface area contributed by atoms with E-state index in [1.165, 1.54) is 0 Å². The van der Waals surface area contributed by atoms with E-state index in [1.807, 2.05) is 6.92 Å². The van der Waals surface area contributed by atoms with Gasteiger partial charge in [0.25, 0.3) is 0 Å². The van der Waals surface area contributed by atoms with Gasteiger partial charge in [-0.1, -0.05) is 6.92 Å². The van der Waals surface area contributed by atoms with Gasteiger partial charge in [-0.3, -0.25) is 4.79 Å². The third-order valence-electron chi connectivity index (χ3n) is 3.82. The molecule has 16 heavy (non-hydrogen) atoms. The van der Waals surface area contributed by atoms with Crippen LogP contribution in [-0.2, 0) is 9.53 Å². The molecule has 1 aliphatic heterocycles. The first-order valence-electron chi connectivity index (χ1n) is 6.26. The molecule has 0 spiro atoms. The summed E-state index contributed by atoms with van der Waals surface area (Å²) in [5, 5.41) is 6.57. The Balaban J connectivity index is 1.64. The first kappa shape index (κ1) is 11.9. The smallest absolute Gasteiger partial charge is 0.320 e. The third kappa shape index (κ3) is 2.95. The highest BCUT2D eigenvalue weighted by Crippen LogP contribution is 2.45. The minimum absolute atomic E-state index is 0.106. The summed E-state index contributed by atoms with van der Waals surface area (Å²) in [7, 11) is 0. The molecule has 1 heterocycles. The molecule has 1 aliphatic carbocycles. The normalized spacial score (nSPS) is 34.8. The summed E-state index contributed by atoms with van der Waals surface area (Å²) in [4.78, 5) is 11.6. The van der Waals surface area contributed by atoms with Crippen LogP contribution in [0.2, 0.25) is 0 Å². The van der Waals surface area contributed by atoms with E-state index in [2.05, 4.69) is 17.6 Å². The van der Waals surface area contributed by atoms with Crippen LogP contribution in [0.4, 0.5) is 0 Å². The van der Waals surface area contributed by atoms with E-state index in [0.29, 0.717) is 18.5 Å². The quantitative estimate of drug-likeness (QED) is 0.692. The Morgan fingerprint density at radius 1 is 1.50 bits per heavy atom. The first-order chi connectivity index (χ1) is 7.60. The summed E-state index contributed by atoms with van der Waals surface area (Å²) < 4.78 is 5.44. The van der Waals surface area contributed by atoms with Gasteiger partial charge >= 0.3 is 5.97 Å². The number of ether oxygens (including phenoxy) is 1. The van der Waals surface area contributed by atoms with Gasteiger partial charge in [-0.15, -0.1) is 0 Å². The lowest BCUT2D eigenvalue weighted by atomic mass is 10.1. The highest BCUT2D eigenvalue weighted by atomic mass is 16.6. The summed E-state index contributed by atoms with van der Waals surface area (Å²) in [6.07, 6.45) is 3.20. The fourth-order valence-electron chi connectivity index (χ4n) is 2.24. The van der Waals surface area contributed by atoms with Crippen molar-refractivity contribution in [1.29, 1.82) is 0 Å². The molecule has 0 amide bonds. The Morgan fingerprint density at radius 2 is 2.12 bits per heavy atom. The van der Waals surface area contributed by atoms with E-state index in [9.17, 15) is 4.79 Å². The van der Waals surface area contributed by atoms with Crippen LogP contribution >= 0.6 is 0 Å². The largest absolute Gasteiger partial charge is 0.458 e. The van der Waals surface area contributed by atoms with Crippen LogP contribution in [0.3, 0.4) is 0 Å². The maximum atomic E-state index is 11.6. The van der Waals surface area contributed by atoms with E-state index in [4.69, 9.17) is 4.74 Å².